The van der Waals surface area contributed by atoms with E-state index in [9.17, 15) is 63.4 Å². The highest BCUT2D eigenvalue weighted by molar-refractivity contribution is 7.91. The molecule has 2 aliphatic carbocycles. The second-order valence-electron chi connectivity index (χ2n) is 17.4. The zero-order chi connectivity index (χ0) is 46.0. The monoisotopic (exact) mass is 907 g/mol. The van der Waals surface area contributed by atoms with Crippen LogP contribution in [-0.2, 0) is 30.6 Å². The highest BCUT2D eigenvalue weighted by atomic mass is 32.2. The van der Waals surface area contributed by atoms with Gasteiger partial charge in [-0.3, -0.25) is 24.0 Å². The third-order valence-corrected chi connectivity index (χ3v) is 14.7. The number of fused-ring (bicyclic) bond motifs is 3. The van der Waals surface area contributed by atoms with Crippen LogP contribution < -0.4 is 19.5 Å². The first-order valence-corrected chi connectivity index (χ1v) is 21.4. The number of nitrogens with zero attached hydrogens (tertiary/aromatic N) is 3. The summed E-state index contributed by atoms with van der Waals surface area (Å²) in [5, 5.41) is 13.0. The van der Waals surface area contributed by atoms with Crippen LogP contribution >= 0.6 is 0 Å². The van der Waals surface area contributed by atoms with Gasteiger partial charge < -0.3 is 24.8 Å². The summed E-state index contributed by atoms with van der Waals surface area (Å²) < 4.78 is 138. The predicted molar refractivity (Wildman–Crippen MR) is 207 cm³/mol. The van der Waals surface area contributed by atoms with Crippen molar-refractivity contribution in [3.05, 3.63) is 42.1 Å². The fraction of sp³-hybridized carbons (Fsp3) is 0.625. The van der Waals surface area contributed by atoms with E-state index in [1.54, 1.807) is 19.1 Å². The number of alkyl halides is 7. The lowest BCUT2D eigenvalue weighted by molar-refractivity contribution is -0.222. The van der Waals surface area contributed by atoms with Crippen molar-refractivity contribution in [3.63, 3.8) is 0 Å². The molecule has 0 unspecified atom stereocenters. The quantitative estimate of drug-likeness (QED) is 0.195. The Morgan fingerprint density at radius 3 is 2.34 bits per heavy atom. The van der Waals surface area contributed by atoms with Crippen molar-refractivity contribution in [2.75, 3.05) is 20.3 Å². The van der Waals surface area contributed by atoms with Gasteiger partial charge in [-0.25, -0.2) is 22.6 Å². The number of hydrogen-bond acceptors (Lipinski definition) is 9. The Morgan fingerprint density at radius 1 is 1.08 bits per heavy atom. The Bertz CT molecular complexity index is 2250. The Morgan fingerprint density at radius 2 is 1.76 bits per heavy atom. The number of amides is 4. The summed E-state index contributed by atoms with van der Waals surface area (Å²) in [6.07, 6.45) is -10.5. The molecule has 3 fully saturated rings. The number of ether oxygens (including phenoxy) is 2. The van der Waals surface area contributed by atoms with Gasteiger partial charge in [0, 0.05) is 17.7 Å². The summed E-state index contributed by atoms with van der Waals surface area (Å²) in [7, 11) is -3.30. The van der Waals surface area contributed by atoms with E-state index >= 15 is 0 Å². The first kappa shape index (κ1) is 46.6. The van der Waals surface area contributed by atoms with E-state index in [2.05, 4.69) is 10.3 Å². The molecule has 2 aliphatic heterocycles. The second kappa shape index (κ2) is 16.3. The van der Waals surface area contributed by atoms with Crippen LogP contribution in [0.5, 0.6) is 11.6 Å². The Hall–Kier alpha value is -4.89. The van der Waals surface area contributed by atoms with Gasteiger partial charge in [0.15, 0.2) is 0 Å². The van der Waals surface area contributed by atoms with E-state index in [1.165, 1.54) is 32.2 Å². The number of nitrogens with one attached hydrogen (secondary N) is 2. The summed E-state index contributed by atoms with van der Waals surface area (Å²) in [4.78, 5) is 60.9. The number of hydrogen-bond donors (Lipinski definition) is 3. The molecule has 6 rings (SSSR count). The molecule has 1 aromatic carbocycles. The number of aromatic nitrogens is 1. The number of rotatable bonds is 9. The fourth-order valence-corrected chi connectivity index (χ4v) is 9.89. The topological polar surface area (TPSA) is 185 Å². The fourth-order valence-electron chi connectivity index (χ4n) is 8.46. The van der Waals surface area contributed by atoms with Crippen LogP contribution in [0.15, 0.2) is 36.4 Å². The van der Waals surface area contributed by atoms with Gasteiger partial charge in [-0.2, -0.15) is 26.3 Å². The summed E-state index contributed by atoms with van der Waals surface area (Å²) >= 11 is 0. The number of carbonyl (C=O) groups excluding carboxylic acids is 3. The van der Waals surface area contributed by atoms with Crippen molar-refractivity contribution in [1.29, 1.82) is 0 Å². The van der Waals surface area contributed by atoms with E-state index < -0.39 is 123 Å². The van der Waals surface area contributed by atoms with Gasteiger partial charge in [-0.15, -0.1) is 0 Å². The van der Waals surface area contributed by atoms with Crippen LogP contribution in [-0.4, -0.2) is 113 Å². The molecule has 342 valence electrons. The van der Waals surface area contributed by atoms with Gasteiger partial charge in [0.1, 0.15) is 52.1 Å². The lowest BCUT2D eigenvalue weighted by Gasteiger charge is -2.45. The molecule has 4 aliphatic rings. The maximum Gasteiger partial charge on any atom is 0.433 e. The zero-order valence-electron chi connectivity index (χ0n) is 34.4. The van der Waals surface area contributed by atoms with Gasteiger partial charge in [-0.05, 0) is 93.9 Å². The smallest absolute Gasteiger partial charge is 0.433 e. The first-order chi connectivity index (χ1) is 28.7. The molecule has 2 aromatic rings. The molecule has 4 amide bonds. The predicted octanol–water partition coefficient (Wildman–Crippen LogP) is 6.14. The minimum atomic E-state index is -5.21. The van der Waals surface area contributed by atoms with Crippen molar-refractivity contribution in [2.24, 2.45) is 17.8 Å². The average Bonchev–Trinajstić information content (AvgIpc) is 4.08. The van der Waals surface area contributed by atoms with Gasteiger partial charge in [0.05, 0.1) is 13.7 Å². The Balaban J connectivity index is 1.45. The normalized spacial score (nSPS) is 28.2. The molecule has 0 radical (unpaired) electrons. The average molecular weight is 908 g/mol. The number of halogens is 7. The molecule has 1 saturated heterocycles. The molecule has 3 N–H and O–H groups in total. The number of sulfonamides is 1. The molecule has 22 heteroatoms. The molecule has 0 bridgehead atoms. The highest BCUT2D eigenvalue weighted by Crippen LogP contribution is 2.48. The lowest BCUT2D eigenvalue weighted by atomic mass is 9.85. The molecule has 0 spiro atoms. The SMILES string of the molecule is COc1ccc2c(O[C@@H]3C[C@H]4C(=O)N[C@]5(C(=O)NS(=O)(=O)C6(CF)CC6)C[C@H]5C=CCC[C@H](C)C[C@@H](C)[C@H](N(C(=O)O)C(C)(C)C(F)(F)F)C(=O)N4C3)nc(C(F)(F)F)cc2c1. The maximum atomic E-state index is 15.0. The number of benzene rings is 1. The molecule has 2 saturated carbocycles. The third-order valence-electron chi connectivity index (χ3n) is 12.6. The summed E-state index contributed by atoms with van der Waals surface area (Å²) in [6, 6.07) is 0.956. The third kappa shape index (κ3) is 8.71. The van der Waals surface area contributed by atoms with E-state index in [-0.39, 0.29) is 53.0 Å². The van der Waals surface area contributed by atoms with Crippen LogP contribution in [0.2, 0.25) is 0 Å². The van der Waals surface area contributed by atoms with Crippen LogP contribution in [0.25, 0.3) is 10.8 Å². The van der Waals surface area contributed by atoms with Crippen LogP contribution in [0.3, 0.4) is 0 Å². The highest BCUT2D eigenvalue weighted by Gasteiger charge is 2.64. The number of carboxylic acid groups (broad SMARTS) is 1. The standard InChI is InChI=1S/C40H48F7N5O9S/c1-21-8-6-7-9-24-18-38(24,34(55)50-62(58,59)37(20-41)12-13-37)49-31(53)28-17-26(61-32-27-11-10-25(60-5)15-23(27)16-29(48-32)39(42,43)44)19-51(28)33(54)30(22(2)14-21)52(35(56)57)36(3,4)40(45,46)47/h7,9-11,15-16,21-22,24,26,28,30H,6,8,12-14,17-20H2,1-5H3,(H,49,53)(H,50,55)(H,56,57)/t21-,22+,24+,26+,28-,30-,38+/m0/s1. The summed E-state index contributed by atoms with van der Waals surface area (Å²) in [6.45, 7) is 2.36. The maximum absolute atomic E-state index is 15.0. The minimum absolute atomic E-state index is 0.00157. The molecular weight excluding hydrogens is 860 g/mol. The van der Waals surface area contributed by atoms with Crippen molar-refractivity contribution in [1.82, 2.24) is 24.8 Å². The lowest BCUT2D eigenvalue weighted by Crippen LogP contribution is -2.66. The molecular formula is C40H48F7N5O9S. The van der Waals surface area contributed by atoms with Crippen LogP contribution in [0.1, 0.15) is 78.3 Å². The van der Waals surface area contributed by atoms with Gasteiger partial charge >= 0.3 is 18.4 Å². The van der Waals surface area contributed by atoms with E-state index in [0.717, 1.165) is 11.0 Å². The summed E-state index contributed by atoms with van der Waals surface area (Å²) in [5.74, 6) is -6.23. The van der Waals surface area contributed by atoms with Crippen molar-refractivity contribution >= 4 is 44.6 Å². The largest absolute Gasteiger partial charge is 0.497 e. The minimum Gasteiger partial charge on any atom is -0.497 e. The molecule has 62 heavy (non-hydrogen) atoms. The number of allylic oxidation sites excluding steroid dienone is 1. The Kier molecular flexibility index (Phi) is 12.3. The van der Waals surface area contributed by atoms with Gasteiger partial charge in [0.2, 0.25) is 27.7 Å². The zero-order valence-corrected chi connectivity index (χ0v) is 35.2. The van der Waals surface area contributed by atoms with E-state index in [4.69, 9.17) is 9.47 Å². The first-order valence-electron chi connectivity index (χ1n) is 20.0. The molecule has 14 nitrogen and oxygen atoms in total. The van der Waals surface area contributed by atoms with E-state index in [0.29, 0.717) is 26.7 Å². The Labute approximate surface area is 352 Å². The van der Waals surface area contributed by atoms with Crippen molar-refractivity contribution < 1.29 is 72.9 Å². The van der Waals surface area contributed by atoms with Gasteiger partial charge in [0.25, 0.3) is 5.91 Å². The molecule has 3 heterocycles. The number of carbonyl (C=O) groups is 4. The van der Waals surface area contributed by atoms with Crippen LogP contribution in [0.4, 0.5) is 35.5 Å². The number of pyridine rings is 1. The summed E-state index contributed by atoms with van der Waals surface area (Å²) in [5.41, 5.74) is -6.52. The number of methoxy groups -OCH3 is 1. The van der Waals surface area contributed by atoms with Crippen molar-refractivity contribution in [3.8, 4) is 11.6 Å². The van der Waals surface area contributed by atoms with Crippen LogP contribution in [0, 0.1) is 17.8 Å². The second-order valence-corrected chi connectivity index (χ2v) is 19.5. The van der Waals surface area contributed by atoms with Gasteiger partial charge in [-0.1, -0.05) is 26.0 Å². The molecule has 7 atom stereocenters. The van der Waals surface area contributed by atoms with Crippen molar-refractivity contribution in [2.45, 2.75) is 119 Å². The van der Waals surface area contributed by atoms with E-state index in [1.807, 2.05) is 4.72 Å². The molecule has 1 aromatic heterocycles.